The SMILES string of the molecule is c1ccc(-c2ccc(N(c3ccc(-c4ccccc4)cc3)c3cccc4sc5c6ccccc6c(-c6cccc7ccccc67)cc5c34)cc2)cc1. The average molecular weight is 680 g/mol. The van der Waals surface area contributed by atoms with Crippen molar-refractivity contribution in [2.75, 3.05) is 4.90 Å². The predicted molar refractivity (Wildman–Crippen MR) is 225 cm³/mol. The molecular formula is C50H33NS. The van der Waals surface area contributed by atoms with Crippen molar-refractivity contribution in [2.24, 2.45) is 0 Å². The van der Waals surface area contributed by atoms with Crippen LogP contribution >= 0.6 is 11.3 Å². The second-order valence-corrected chi connectivity index (χ2v) is 14.3. The van der Waals surface area contributed by atoms with Gasteiger partial charge in [0.15, 0.2) is 0 Å². The second-order valence-electron chi connectivity index (χ2n) is 13.3. The van der Waals surface area contributed by atoms with Gasteiger partial charge in [-0.1, -0.05) is 158 Å². The highest BCUT2D eigenvalue weighted by atomic mass is 32.1. The molecule has 0 N–H and O–H groups in total. The van der Waals surface area contributed by atoms with Crippen molar-refractivity contribution in [1.82, 2.24) is 0 Å². The lowest BCUT2D eigenvalue weighted by Crippen LogP contribution is -2.10. The summed E-state index contributed by atoms with van der Waals surface area (Å²) < 4.78 is 2.60. The van der Waals surface area contributed by atoms with Crippen molar-refractivity contribution < 1.29 is 0 Å². The molecule has 0 radical (unpaired) electrons. The maximum absolute atomic E-state index is 2.46. The normalized spacial score (nSPS) is 11.5. The highest BCUT2D eigenvalue weighted by molar-refractivity contribution is 7.26. The minimum Gasteiger partial charge on any atom is -0.310 e. The molecule has 0 aliphatic rings. The first-order valence-electron chi connectivity index (χ1n) is 17.8. The first kappa shape index (κ1) is 30.4. The van der Waals surface area contributed by atoms with Gasteiger partial charge in [-0.25, -0.2) is 0 Å². The Morgan fingerprint density at radius 2 is 0.865 bits per heavy atom. The van der Waals surface area contributed by atoms with E-state index in [1.165, 1.54) is 80.8 Å². The molecule has 0 amide bonds. The Morgan fingerprint density at radius 3 is 1.52 bits per heavy atom. The van der Waals surface area contributed by atoms with Crippen LogP contribution in [0, 0.1) is 0 Å². The summed E-state index contributed by atoms with van der Waals surface area (Å²) in [7, 11) is 0. The molecule has 0 saturated heterocycles. The molecule has 0 fully saturated rings. The molecule has 0 bridgehead atoms. The first-order chi connectivity index (χ1) is 25.8. The molecule has 244 valence electrons. The number of fused-ring (bicyclic) bond motifs is 6. The summed E-state index contributed by atoms with van der Waals surface area (Å²) in [5, 5.41) is 7.65. The molecule has 0 spiro atoms. The smallest absolute Gasteiger partial charge is 0.0554 e. The third kappa shape index (κ3) is 5.16. The van der Waals surface area contributed by atoms with E-state index in [0.29, 0.717) is 0 Å². The number of rotatable bonds is 6. The maximum atomic E-state index is 2.46. The average Bonchev–Trinajstić information content (AvgIpc) is 3.61. The second kappa shape index (κ2) is 12.7. The molecule has 10 rings (SSSR count). The van der Waals surface area contributed by atoms with E-state index in [1.54, 1.807) is 0 Å². The molecule has 10 aromatic rings. The molecule has 0 atom stereocenters. The van der Waals surface area contributed by atoms with Gasteiger partial charge >= 0.3 is 0 Å². The van der Waals surface area contributed by atoms with Crippen LogP contribution in [-0.2, 0) is 0 Å². The van der Waals surface area contributed by atoms with Crippen LogP contribution in [-0.4, -0.2) is 0 Å². The minimum atomic E-state index is 1.12. The Morgan fingerprint density at radius 1 is 0.346 bits per heavy atom. The topological polar surface area (TPSA) is 3.24 Å². The fraction of sp³-hybridized carbons (Fsp3) is 0. The van der Waals surface area contributed by atoms with Gasteiger partial charge in [0.2, 0.25) is 0 Å². The Balaban J connectivity index is 1.22. The lowest BCUT2D eigenvalue weighted by atomic mass is 9.92. The molecule has 52 heavy (non-hydrogen) atoms. The third-order valence-electron chi connectivity index (χ3n) is 10.3. The van der Waals surface area contributed by atoms with E-state index < -0.39 is 0 Å². The van der Waals surface area contributed by atoms with Gasteiger partial charge in [-0.05, 0) is 92.0 Å². The van der Waals surface area contributed by atoms with Crippen molar-refractivity contribution in [3.8, 4) is 33.4 Å². The van der Waals surface area contributed by atoms with Crippen molar-refractivity contribution in [2.45, 2.75) is 0 Å². The fourth-order valence-electron chi connectivity index (χ4n) is 7.79. The number of hydrogen-bond donors (Lipinski definition) is 0. The predicted octanol–water partition coefficient (Wildman–Crippen LogP) is 14.8. The van der Waals surface area contributed by atoms with E-state index in [2.05, 4.69) is 205 Å². The maximum Gasteiger partial charge on any atom is 0.0554 e. The van der Waals surface area contributed by atoms with E-state index in [9.17, 15) is 0 Å². The van der Waals surface area contributed by atoms with Gasteiger partial charge in [0.05, 0.1) is 5.69 Å². The fourth-order valence-corrected chi connectivity index (χ4v) is 9.04. The number of nitrogens with zero attached hydrogens (tertiary/aromatic N) is 1. The highest BCUT2D eigenvalue weighted by Crippen LogP contribution is 2.49. The highest BCUT2D eigenvalue weighted by Gasteiger charge is 2.21. The van der Waals surface area contributed by atoms with E-state index in [1.807, 2.05) is 11.3 Å². The Kier molecular flexibility index (Phi) is 7.41. The first-order valence-corrected chi connectivity index (χ1v) is 18.6. The van der Waals surface area contributed by atoms with Crippen molar-refractivity contribution in [1.29, 1.82) is 0 Å². The van der Waals surface area contributed by atoms with Gasteiger partial charge in [0.25, 0.3) is 0 Å². The van der Waals surface area contributed by atoms with Gasteiger partial charge in [-0.15, -0.1) is 11.3 Å². The van der Waals surface area contributed by atoms with Gasteiger partial charge in [-0.2, -0.15) is 0 Å². The molecule has 1 heterocycles. The lowest BCUT2D eigenvalue weighted by Gasteiger charge is -2.27. The molecule has 0 aliphatic carbocycles. The monoisotopic (exact) mass is 679 g/mol. The van der Waals surface area contributed by atoms with Crippen LogP contribution in [0.2, 0.25) is 0 Å². The van der Waals surface area contributed by atoms with E-state index in [0.717, 1.165) is 11.4 Å². The van der Waals surface area contributed by atoms with Crippen LogP contribution in [0.25, 0.3) is 75.1 Å². The van der Waals surface area contributed by atoms with Crippen LogP contribution in [0.15, 0.2) is 200 Å². The molecule has 1 aromatic heterocycles. The zero-order chi connectivity index (χ0) is 34.4. The minimum absolute atomic E-state index is 1.12. The summed E-state index contributed by atoms with van der Waals surface area (Å²) in [5.74, 6) is 0. The van der Waals surface area contributed by atoms with Gasteiger partial charge in [-0.3, -0.25) is 0 Å². The van der Waals surface area contributed by atoms with Crippen LogP contribution < -0.4 is 4.90 Å². The molecule has 9 aromatic carbocycles. The zero-order valence-electron chi connectivity index (χ0n) is 28.4. The summed E-state index contributed by atoms with van der Waals surface area (Å²) in [5.41, 5.74) is 10.8. The summed E-state index contributed by atoms with van der Waals surface area (Å²) in [6, 6.07) is 72.8. The quantitative estimate of drug-likeness (QED) is 0.169. The molecule has 2 heteroatoms. The molecular weight excluding hydrogens is 647 g/mol. The number of anilines is 3. The number of benzene rings is 9. The van der Waals surface area contributed by atoms with Crippen molar-refractivity contribution in [3.05, 3.63) is 200 Å². The standard InChI is InChI=1S/C50H33NS/c1-3-13-34(14-4-1)36-25-29-39(30-26-36)51(40-31-27-37(28-32-40)35-15-5-2-6-16-35)47-23-12-24-48-49(47)46-33-45(43-20-9-10-21-44(43)50(46)52-48)42-22-11-18-38-17-7-8-19-41(38)42/h1-33H. The van der Waals surface area contributed by atoms with Gasteiger partial charge in [0, 0.05) is 36.9 Å². The third-order valence-corrected chi connectivity index (χ3v) is 11.5. The zero-order valence-corrected chi connectivity index (χ0v) is 29.2. The number of thiophene rings is 1. The van der Waals surface area contributed by atoms with E-state index >= 15 is 0 Å². The summed E-state index contributed by atoms with van der Waals surface area (Å²) in [6.07, 6.45) is 0. The number of hydrogen-bond acceptors (Lipinski definition) is 2. The van der Waals surface area contributed by atoms with Crippen LogP contribution in [0.4, 0.5) is 17.1 Å². The molecule has 0 aliphatic heterocycles. The van der Waals surface area contributed by atoms with E-state index in [-0.39, 0.29) is 0 Å². The van der Waals surface area contributed by atoms with Crippen molar-refractivity contribution >= 4 is 70.1 Å². The molecule has 0 saturated carbocycles. The molecule has 0 unspecified atom stereocenters. The van der Waals surface area contributed by atoms with Gasteiger partial charge in [0.1, 0.15) is 0 Å². The largest absolute Gasteiger partial charge is 0.310 e. The summed E-state index contributed by atoms with van der Waals surface area (Å²) in [4.78, 5) is 2.44. The van der Waals surface area contributed by atoms with Crippen molar-refractivity contribution in [3.63, 3.8) is 0 Å². The lowest BCUT2D eigenvalue weighted by molar-refractivity contribution is 1.30. The van der Waals surface area contributed by atoms with Crippen LogP contribution in [0.3, 0.4) is 0 Å². The Bertz CT molecular complexity index is 2780. The van der Waals surface area contributed by atoms with Gasteiger partial charge < -0.3 is 4.90 Å². The van der Waals surface area contributed by atoms with Crippen LogP contribution in [0.1, 0.15) is 0 Å². The Labute approximate surface area is 307 Å². The Hall–Kier alpha value is -6.48. The van der Waals surface area contributed by atoms with Crippen LogP contribution in [0.5, 0.6) is 0 Å². The van der Waals surface area contributed by atoms with E-state index in [4.69, 9.17) is 0 Å². The summed E-state index contributed by atoms with van der Waals surface area (Å²) >= 11 is 1.89. The molecule has 1 nitrogen and oxygen atoms in total. The summed E-state index contributed by atoms with van der Waals surface area (Å²) in [6.45, 7) is 0.